The van der Waals surface area contributed by atoms with E-state index in [0.717, 1.165) is 33.9 Å². The largest absolute Gasteiger partial charge is 0.326 e. The minimum absolute atomic E-state index is 0.114. The Balaban J connectivity index is 1.93. The zero-order chi connectivity index (χ0) is 18.5. The molecule has 0 atom stereocenters. The Hall–Kier alpha value is -3.54. The Morgan fingerprint density at radius 2 is 1.00 bits per heavy atom. The highest BCUT2D eigenvalue weighted by Gasteiger charge is 2.10. The Morgan fingerprint density at radius 1 is 0.654 bits per heavy atom. The van der Waals surface area contributed by atoms with Crippen molar-refractivity contribution in [3.63, 3.8) is 0 Å². The van der Waals surface area contributed by atoms with E-state index in [1.54, 1.807) is 12.4 Å². The van der Waals surface area contributed by atoms with Gasteiger partial charge in [0.05, 0.1) is 11.4 Å². The summed E-state index contributed by atoms with van der Waals surface area (Å²) in [4.78, 5) is 31.2. The normalized spacial score (nSPS) is 10.2. The van der Waals surface area contributed by atoms with E-state index in [-0.39, 0.29) is 11.8 Å². The Morgan fingerprint density at radius 3 is 1.31 bits per heavy atom. The summed E-state index contributed by atoms with van der Waals surface area (Å²) in [5.74, 6) is -0.227. The highest BCUT2D eigenvalue weighted by molar-refractivity contribution is 5.90. The molecule has 0 saturated heterocycles. The molecule has 0 aliphatic heterocycles. The predicted octanol–water partition coefficient (Wildman–Crippen LogP) is 3.73. The molecule has 26 heavy (non-hydrogen) atoms. The van der Waals surface area contributed by atoms with Crippen LogP contribution >= 0.6 is 0 Å². The third kappa shape index (κ3) is 4.10. The van der Waals surface area contributed by atoms with Gasteiger partial charge in [-0.2, -0.15) is 0 Å². The molecule has 1 heterocycles. The first-order valence-electron chi connectivity index (χ1n) is 8.10. The van der Waals surface area contributed by atoms with Gasteiger partial charge in [0, 0.05) is 48.7 Å². The minimum atomic E-state index is -0.114. The molecule has 2 amide bonds. The number of rotatable bonds is 4. The highest BCUT2D eigenvalue weighted by atomic mass is 16.2. The molecule has 6 nitrogen and oxygen atoms in total. The first-order chi connectivity index (χ1) is 12.5. The maximum absolute atomic E-state index is 11.1. The Kier molecular flexibility index (Phi) is 5.03. The van der Waals surface area contributed by atoms with Gasteiger partial charge in [-0.3, -0.25) is 19.6 Å². The molecule has 0 spiro atoms. The average molecular weight is 346 g/mol. The first kappa shape index (κ1) is 17.3. The SMILES string of the molecule is CC(=O)Nc1ccc(-c2nccnc2-c2ccc(NC(C)=O)cc2)cc1. The second kappa shape index (κ2) is 7.57. The molecule has 6 heteroatoms. The fraction of sp³-hybridized carbons (Fsp3) is 0.100. The zero-order valence-electron chi connectivity index (χ0n) is 14.5. The first-order valence-corrected chi connectivity index (χ1v) is 8.10. The van der Waals surface area contributed by atoms with Gasteiger partial charge in [0.25, 0.3) is 0 Å². The van der Waals surface area contributed by atoms with Crippen molar-refractivity contribution >= 4 is 23.2 Å². The molecule has 130 valence electrons. The lowest BCUT2D eigenvalue weighted by Crippen LogP contribution is -2.05. The van der Waals surface area contributed by atoms with Gasteiger partial charge in [0.15, 0.2) is 0 Å². The van der Waals surface area contributed by atoms with Crippen LogP contribution in [-0.2, 0) is 9.59 Å². The number of anilines is 2. The van der Waals surface area contributed by atoms with Crippen LogP contribution in [0.15, 0.2) is 60.9 Å². The van der Waals surface area contributed by atoms with Crippen LogP contribution in [0.5, 0.6) is 0 Å². The quantitative estimate of drug-likeness (QED) is 0.754. The smallest absolute Gasteiger partial charge is 0.221 e. The number of carbonyl (C=O) groups is 2. The standard InChI is InChI=1S/C20H18N4O2/c1-13(25)23-17-7-3-15(4-8-17)19-20(22-12-11-21-19)16-5-9-18(10-6-16)24-14(2)26/h3-12H,1-2H3,(H,23,25)(H,24,26). The molecule has 0 radical (unpaired) electrons. The molecule has 0 fully saturated rings. The molecular weight excluding hydrogens is 328 g/mol. The number of nitrogens with one attached hydrogen (secondary N) is 2. The molecule has 2 aromatic carbocycles. The van der Waals surface area contributed by atoms with E-state index < -0.39 is 0 Å². The van der Waals surface area contributed by atoms with E-state index in [1.807, 2.05) is 48.5 Å². The minimum Gasteiger partial charge on any atom is -0.326 e. The average Bonchev–Trinajstić information content (AvgIpc) is 2.62. The number of benzene rings is 2. The summed E-state index contributed by atoms with van der Waals surface area (Å²) in [5.41, 5.74) is 4.74. The summed E-state index contributed by atoms with van der Waals surface area (Å²) < 4.78 is 0. The molecule has 0 bridgehead atoms. The van der Waals surface area contributed by atoms with Crippen LogP contribution < -0.4 is 10.6 Å². The molecule has 3 rings (SSSR count). The molecule has 2 N–H and O–H groups in total. The topological polar surface area (TPSA) is 84.0 Å². The third-order valence-corrected chi connectivity index (χ3v) is 3.66. The summed E-state index contributed by atoms with van der Waals surface area (Å²) in [6, 6.07) is 14.9. The van der Waals surface area contributed by atoms with Gasteiger partial charge in [-0.25, -0.2) is 0 Å². The number of amides is 2. The van der Waals surface area contributed by atoms with Crippen LogP contribution in [-0.4, -0.2) is 21.8 Å². The summed E-state index contributed by atoms with van der Waals surface area (Å²) in [6.07, 6.45) is 3.29. The van der Waals surface area contributed by atoms with Crippen molar-refractivity contribution in [3.05, 3.63) is 60.9 Å². The van der Waals surface area contributed by atoms with Gasteiger partial charge in [-0.15, -0.1) is 0 Å². The summed E-state index contributed by atoms with van der Waals surface area (Å²) >= 11 is 0. The van der Waals surface area contributed by atoms with Gasteiger partial charge in [0.2, 0.25) is 11.8 Å². The van der Waals surface area contributed by atoms with Crippen molar-refractivity contribution in [2.24, 2.45) is 0 Å². The lowest BCUT2D eigenvalue weighted by molar-refractivity contribution is -0.115. The van der Waals surface area contributed by atoms with Crippen LogP contribution in [0, 0.1) is 0 Å². The number of nitrogens with zero attached hydrogens (tertiary/aromatic N) is 2. The van der Waals surface area contributed by atoms with Gasteiger partial charge in [-0.1, -0.05) is 24.3 Å². The second-order valence-electron chi connectivity index (χ2n) is 5.77. The van der Waals surface area contributed by atoms with Crippen LogP contribution in [0.3, 0.4) is 0 Å². The predicted molar refractivity (Wildman–Crippen MR) is 102 cm³/mol. The van der Waals surface area contributed by atoms with Gasteiger partial charge >= 0.3 is 0 Å². The molecule has 0 saturated carbocycles. The van der Waals surface area contributed by atoms with Gasteiger partial charge in [-0.05, 0) is 24.3 Å². The van der Waals surface area contributed by atoms with Crippen molar-refractivity contribution in [1.29, 1.82) is 0 Å². The summed E-state index contributed by atoms with van der Waals surface area (Å²) in [7, 11) is 0. The van der Waals surface area contributed by atoms with Crippen molar-refractivity contribution in [2.75, 3.05) is 10.6 Å². The Labute approximate surface area is 151 Å². The molecule has 0 aliphatic rings. The van der Waals surface area contributed by atoms with Crippen molar-refractivity contribution in [3.8, 4) is 22.5 Å². The van der Waals surface area contributed by atoms with Crippen LogP contribution in [0.4, 0.5) is 11.4 Å². The summed E-state index contributed by atoms with van der Waals surface area (Å²) in [6.45, 7) is 2.94. The zero-order valence-corrected chi connectivity index (χ0v) is 14.5. The molecule has 3 aromatic rings. The van der Waals surface area contributed by atoms with E-state index in [1.165, 1.54) is 13.8 Å². The van der Waals surface area contributed by atoms with E-state index >= 15 is 0 Å². The fourth-order valence-electron chi connectivity index (χ4n) is 2.59. The second-order valence-corrected chi connectivity index (χ2v) is 5.77. The summed E-state index contributed by atoms with van der Waals surface area (Å²) in [5, 5.41) is 5.48. The monoisotopic (exact) mass is 346 g/mol. The molecule has 0 aliphatic carbocycles. The lowest BCUT2D eigenvalue weighted by Gasteiger charge is -2.10. The Bertz CT molecular complexity index is 856. The fourth-order valence-corrected chi connectivity index (χ4v) is 2.59. The van der Waals surface area contributed by atoms with E-state index in [0.29, 0.717) is 0 Å². The highest BCUT2D eigenvalue weighted by Crippen LogP contribution is 2.29. The van der Waals surface area contributed by atoms with Crippen molar-refractivity contribution < 1.29 is 9.59 Å². The maximum atomic E-state index is 11.1. The van der Waals surface area contributed by atoms with E-state index in [9.17, 15) is 9.59 Å². The number of aromatic nitrogens is 2. The number of hydrogen-bond donors (Lipinski definition) is 2. The van der Waals surface area contributed by atoms with E-state index in [2.05, 4.69) is 20.6 Å². The van der Waals surface area contributed by atoms with Crippen LogP contribution in [0.1, 0.15) is 13.8 Å². The van der Waals surface area contributed by atoms with Crippen LogP contribution in [0.2, 0.25) is 0 Å². The molecule has 0 unspecified atom stereocenters. The van der Waals surface area contributed by atoms with Gasteiger partial charge in [0.1, 0.15) is 0 Å². The van der Waals surface area contributed by atoms with Crippen LogP contribution in [0.25, 0.3) is 22.5 Å². The van der Waals surface area contributed by atoms with Crippen molar-refractivity contribution in [2.45, 2.75) is 13.8 Å². The number of hydrogen-bond acceptors (Lipinski definition) is 4. The molecular formula is C20H18N4O2. The lowest BCUT2D eigenvalue weighted by atomic mass is 10.0. The van der Waals surface area contributed by atoms with Gasteiger partial charge < -0.3 is 10.6 Å². The van der Waals surface area contributed by atoms with E-state index in [4.69, 9.17) is 0 Å². The maximum Gasteiger partial charge on any atom is 0.221 e. The van der Waals surface area contributed by atoms with Crippen molar-refractivity contribution in [1.82, 2.24) is 9.97 Å². The third-order valence-electron chi connectivity index (χ3n) is 3.66. The number of carbonyl (C=O) groups excluding carboxylic acids is 2. The molecule has 1 aromatic heterocycles.